The number of aromatic nitrogens is 3. The van der Waals surface area contributed by atoms with E-state index in [1.807, 2.05) is 36.6 Å². The molecule has 0 saturated heterocycles. The monoisotopic (exact) mass is 442 g/mol. The first-order valence-electron chi connectivity index (χ1n) is 9.31. The third-order valence-electron chi connectivity index (χ3n) is 4.42. The topological polar surface area (TPSA) is 69.0 Å². The van der Waals surface area contributed by atoms with Gasteiger partial charge in [-0.25, -0.2) is 0 Å². The molecule has 0 aliphatic heterocycles. The lowest BCUT2D eigenvalue weighted by atomic mass is 10.1. The Bertz CT molecular complexity index is 1080. The van der Waals surface area contributed by atoms with Crippen LogP contribution in [0.15, 0.2) is 54.2 Å². The molecule has 1 aromatic heterocycles. The summed E-state index contributed by atoms with van der Waals surface area (Å²) >= 11 is 7.48. The zero-order valence-corrected chi connectivity index (χ0v) is 18.7. The maximum Gasteiger partial charge on any atom is 0.234 e. The first-order valence-corrected chi connectivity index (χ1v) is 10.7. The molecule has 1 heterocycles. The zero-order valence-electron chi connectivity index (χ0n) is 17.1. The molecular formula is C22H23ClN4O2S. The summed E-state index contributed by atoms with van der Waals surface area (Å²) in [7, 11) is 1.59. The summed E-state index contributed by atoms with van der Waals surface area (Å²) in [6, 6.07) is 11.2. The first kappa shape index (κ1) is 21.9. The predicted molar refractivity (Wildman–Crippen MR) is 122 cm³/mol. The van der Waals surface area contributed by atoms with Crippen molar-refractivity contribution in [2.45, 2.75) is 25.5 Å². The number of nitrogens with one attached hydrogen (secondary N) is 1. The van der Waals surface area contributed by atoms with E-state index in [4.69, 9.17) is 16.3 Å². The molecule has 3 aromatic rings. The highest BCUT2D eigenvalue weighted by molar-refractivity contribution is 7.99. The van der Waals surface area contributed by atoms with Gasteiger partial charge >= 0.3 is 0 Å². The summed E-state index contributed by atoms with van der Waals surface area (Å²) in [5.74, 6) is 1.34. The van der Waals surface area contributed by atoms with Crippen molar-refractivity contribution in [2.75, 3.05) is 18.2 Å². The fourth-order valence-corrected chi connectivity index (χ4v) is 3.93. The second-order valence-electron chi connectivity index (χ2n) is 6.71. The third kappa shape index (κ3) is 5.04. The maximum absolute atomic E-state index is 12.5. The second kappa shape index (κ2) is 9.82. The van der Waals surface area contributed by atoms with Crippen LogP contribution in [0, 0.1) is 13.8 Å². The number of hydrogen-bond acceptors (Lipinski definition) is 5. The molecule has 6 nitrogen and oxygen atoms in total. The normalized spacial score (nSPS) is 10.7. The van der Waals surface area contributed by atoms with E-state index >= 15 is 0 Å². The van der Waals surface area contributed by atoms with Crippen LogP contribution in [0.4, 0.5) is 5.69 Å². The summed E-state index contributed by atoms with van der Waals surface area (Å²) in [6.45, 7) is 8.30. The number of nitrogens with zero attached hydrogens (tertiary/aromatic N) is 3. The van der Waals surface area contributed by atoms with E-state index in [1.54, 1.807) is 31.4 Å². The van der Waals surface area contributed by atoms with Gasteiger partial charge in [0.25, 0.3) is 0 Å². The van der Waals surface area contributed by atoms with Gasteiger partial charge in [0.2, 0.25) is 5.91 Å². The van der Waals surface area contributed by atoms with E-state index < -0.39 is 0 Å². The molecule has 0 atom stereocenters. The lowest BCUT2D eigenvalue weighted by Gasteiger charge is -2.11. The number of ether oxygens (including phenoxy) is 1. The van der Waals surface area contributed by atoms with E-state index in [9.17, 15) is 4.79 Å². The van der Waals surface area contributed by atoms with Crippen LogP contribution in [0.25, 0.3) is 11.4 Å². The largest absolute Gasteiger partial charge is 0.496 e. The molecule has 0 saturated carbocycles. The first-order chi connectivity index (χ1) is 14.4. The number of halogens is 1. The lowest BCUT2D eigenvalue weighted by molar-refractivity contribution is -0.113. The van der Waals surface area contributed by atoms with Crippen molar-refractivity contribution in [1.29, 1.82) is 0 Å². The smallest absolute Gasteiger partial charge is 0.234 e. The van der Waals surface area contributed by atoms with Crippen LogP contribution in [-0.2, 0) is 11.3 Å². The Kier molecular flexibility index (Phi) is 7.18. The minimum atomic E-state index is -0.109. The number of carbonyl (C=O) groups excluding carboxylic acids is 1. The van der Waals surface area contributed by atoms with Gasteiger partial charge in [-0.05, 0) is 43.7 Å². The highest BCUT2D eigenvalue weighted by Crippen LogP contribution is 2.33. The van der Waals surface area contributed by atoms with Crippen molar-refractivity contribution in [3.05, 3.63) is 65.2 Å². The van der Waals surface area contributed by atoms with E-state index in [2.05, 4.69) is 22.1 Å². The molecule has 156 valence electrons. The van der Waals surface area contributed by atoms with Crippen molar-refractivity contribution in [2.24, 2.45) is 0 Å². The highest BCUT2D eigenvalue weighted by atomic mass is 35.5. The summed E-state index contributed by atoms with van der Waals surface area (Å²) in [6.07, 6.45) is 1.75. The molecule has 0 aliphatic rings. The number of amides is 1. The van der Waals surface area contributed by atoms with Crippen molar-refractivity contribution in [1.82, 2.24) is 14.8 Å². The van der Waals surface area contributed by atoms with Crippen molar-refractivity contribution in [3.63, 3.8) is 0 Å². The number of anilines is 1. The Morgan fingerprint density at radius 1 is 1.27 bits per heavy atom. The summed E-state index contributed by atoms with van der Waals surface area (Å²) in [5.41, 5.74) is 3.72. The molecule has 30 heavy (non-hydrogen) atoms. The Morgan fingerprint density at radius 3 is 2.77 bits per heavy atom. The molecule has 1 N–H and O–H groups in total. The van der Waals surface area contributed by atoms with Crippen LogP contribution >= 0.6 is 23.4 Å². The number of thioether (sulfide) groups is 1. The molecule has 0 fully saturated rings. The third-order valence-corrected chi connectivity index (χ3v) is 5.62. The van der Waals surface area contributed by atoms with Crippen LogP contribution in [-0.4, -0.2) is 33.5 Å². The van der Waals surface area contributed by atoms with Crippen molar-refractivity contribution < 1.29 is 9.53 Å². The fourth-order valence-electron chi connectivity index (χ4n) is 3.01. The number of aryl methyl sites for hydroxylation is 2. The average molecular weight is 443 g/mol. The van der Waals surface area contributed by atoms with Gasteiger partial charge in [-0.15, -0.1) is 16.8 Å². The maximum atomic E-state index is 12.5. The van der Waals surface area contributed by atoms with Crippen molar-refractivity contribution in [3.8, 4) is 17.1 Å². The van der Waals surface area contributed by atoms with Crippen LogP contribution in [0.5, 0.6) is 5.75 Å². The van der Waals surface area contributed by atoms with Crippen molar-refractivity contribution >= 4 is 35.0 Å². The number of carbonyl (C=O) groups is 1. The van der Waals surface area contributed by atoms with Gasteiger partial charge in [0.1, 0.15) is 5.75 Å². The zero-order chi connectivity index (χ0) is 21.7. The van der Waals surface area contributed by atoms with Gasteiger partial charge < -0.3 is 10.1 Å². The SMILES string of the molecule is C=CCn1c(SCC(=O)Nc2ccc(C)cc2C)nnc1-c1cc(Cl)ccc1OC. The van der Waals surface area contributed by atoms with Gasteiger partial charge in [-0.2, -0.15) is 0 Å². The Hall–Kier alpha value is -2.77. The molecular weight excluding hydrogens is 420 g/mol. The van der Waals surface area contributed by atoms with Gasteiger partial charge in [0, 0.05) is 17.3 Å². The van der Waals surface area contributed by atoms with Gasteiger partial charge in [-0.1, -0.05) is 47.1 Å². The van der Waals surface area contributed by atoms with Crippen LogP contribution < -0.4 is 10.1 Å². The summed E-state index contributed by atoms with van der Waals surface area (Å²) in [5, 5.41) is 12.7. The minimum absolute atomic E-state index is 0.109. The number of allylic oxidation sites excluding steroid dienone is 1. The van der Waals surface area contributed by atoms with Crippen LogP contribution in [0.2, 0.25) is 5.02 Å². The fraction of sp³-hybridized carbons (Fsp3) is 0.227. The number of hydrogen-bond donors (Lipinski definition) is 1. The Labute approximate surface area is 185 Å². The molecule has 0 aliphatic carbocycles. The highest BCUT2D eigenvalue weighted by Gasteiger charge is 2.18. The minimum Gasteiger partial charge on any atom is -0.496 e. The molecule has 2 aromatic carbocycles. The van der Waals surface area contributed by atoms with Crippen LogP contribution in [0.3, 0.4) is 0 Å². The standard InChI is InChI=1S/C22H23ClN4O2S/c1-5-10-27-21(17-12-16(23)7-9-19(17)29-4)25-26-22(27)30-13-20(28)24-18-8-6-14(2)11-15(18)3/h5-9,11-12H,1,10,13H2,2-4H3,(H,24,28). The number of methoxy groups -OCH3 is 1. The summed E-state index contributed by atoms with van der Waals surface area (Å²) < 4.78 is 7.33. The Morgan fingerprint density at radius 2 is 2.07 bits per heavy atom. The van der Waals surface area contributed by atoms with E-state index in [0.717, 1.165) is 22.4 Å². The molecule has 3 rings (SSSR count). The molecule has 1 amide bonds. The van der Waals surface area contributed by atoms with Gasteiger partial charge in [0.05, 0.1) is 18.4 Å². The Balaban J connectivity index is 1.79. The number of benzene rings is 2. The molecule has 8 heteroatoms. The van der Waals surface area contributed by atoms with Gasteiger partial charge in [0.15, 0.2) is 11.0 Å². The molecule has 0 spiro atoms. The van der Waals surface area contributed by atoms with Crippen LogP contribution in [0.1, 0.15) is 11.1 Å². The van der Waals surface area contributed by atoms with Gasteiger partial charge in [-0.3, -0.25) is 9.36 Å². The lowest BCUT2D eigenvalue weighted by Crippen LogP contribution is -2.15. The number of rotatable bonds is 8. The van der Waals surface area contributed by atoms with E-state index in [1.165, 1.54) is 11.8 Å². The van der Waals surface area contributed by atoms with E-state index in [0.29, 0.717) is 28.3 Å². The molecule has 0 bridgehead atoms. The molecule has 0 radical (unpaired) electrons. The quantitative estimate of drug-likeness (QED) is 0.386. The average Bonchev–Trinajstić information content (AvgIpc) is 3.11. The summed E-state index contributed by atoms with van der Waals surface area (Å²) in [4.78, 5) is 12.5. The van der Waals surface area contributed by atoms with E-state index in [-0.39, 0.29) is 11.7 Å². The second-order valence-corrected chi connectivity index (χ2v) is 8.08. The molecule has 0 unspecified atom stereocenters. The predicted octanol–water partition coefficient (Wildman–Crippen LogP) is 5.14.